The van der Waals surface area contributed by atoms with Crippen LogP contribution in [0.1, 0.15) is 0 Å². The molecule has 0 radical (unpaired) electrons. The van der Waals surface area contributed by atoms with Crippen LogP contribution < -0.4 is 0 Å². The lowest BCUT2D eigenvalue weighted by Gasteiger charge is -2.14. The van der Waals surface area contributed by atoms with Crippen LogP contribution in [0.5, 0.6) is 0 Å². The van der Waals surface area contributed by atoms with Crippen molar-refractivity contribution in [3.63, 3.8) is 0 Å². The van der Waals surface area contributed by atoms with Gasteiger partial charge in [0.05, 0.1) is 56.4 Å². The quantitative estimate of drug-likeness (QED) is 0.160. The first kappa shape index (κ1) is 41.0. The summed E-state index contributed by atoms with van der Waals surface area (Å²) in [4.78, 5) is 9.77. The molecule has 0 fully saturated rings. The number of para-hydroxylation sites is 3. The fourth-order valence-corrected chi connectivity index (χ4v) is 11.6. The molecular weight excluding hydrogens is 887 g/mol. The minimum absolute atomic E-state index is 0.939. The normalized spacial score (nSPS) is 11.8. The van der Waals surface area contributed by atoms with Gasteiger partial charge >= 0.3 is 0 Å². The molecule has 5 aromatic heterocycles. The number of aromatic nitrogens is 5. The van der Waals surface area contributed by atoms with Gasteiger partial charge in [0.2, 0.25) is 0 Å². The van der Waals surface area contributed by atoms with Gasteiger partial charge in [-0.3, -0.25) is 4.98 Å². The van der Waals surface area contributed by atoms with E-state index in [9.17, 15) is 0 Å². The van der Waals surface area contributed by atoms with E-state index in [1.807, 2.05) is 12.4 Å². The topological polar surface area (TPSA) is 40.6 Å². The monoisotopic (exact) mass is 929 g/mol. The Labute approximate surface area is 420 Å². The molecule has 0 atom stereocenters. The second-order valence-corrected chi connectivity index (χ2v) is 19.0. The summed E-state index contributed by atoms with van der Waals surface area (Å²) in [5, 5.41) is 9.67. The van der Waals surface area contributed by atoms with Crippen LogP contribution in [0.15, 0.2) is 261 Å². The SMILES string of the molecule is c1ccc(-c2cc(-n3c4ccccc4c4cc(-c5ccc(-c6ccc7c8ccccc8n(-c8ccc9c(c8)c8ccncc8n9-c8ccccc8)c7c6)c6ccccc56)ccc43)cc(-c3ccccc3)n2)cc1. The highest BCUT2D eigenvalue weighted by molar-refractivity contribution is 6.15. The average Bonchev–Trinajstić information content (AvgIpc) is 4.10. The van der Waals surface area contributed by atoms with Gasteiger partial charge in [-0.1, -0.05) is 170 Å². The maximum Gasteiger partial charge on any atom is 0.0730 e. The lowest BCUT2D eigenvalue weighted by molar-refractivity contribution is 1.16. The lowest BCUT2D eigenvalue weighted by atomic mass is 9.91. The summed E-state index contributed by atoms with van der Waals surface area (Å²) in [6.45, 7) is 0. The number of benzene rings is 10. The summed E-state index contributed by atoms with van der Waals surface area (Å²) in [5.41, 5.74) is 19.0. The van der Waals surface area contributed by atoms with Gasteiger partial charge in [0.15, 0.2) is 0 Å². The molecule has 0 aliphatic rings. The highest BCUT2D eigenvalue weighted by atomic mass is 15.0. The third-order valence-electron chi connectivity index (χ3n) is 14.9. The van der Waals surface area contributed by atoms with Gasteiger partial charge in [0.25, 0.3) is 0 Å². The van der Waals surface area contributed by atoms with Crippen molar-refractivity contribution >= 4 is 76.2 Å². The molecule has 15 aromatic rings. The van der Waals surface area contributed by atoms with E-state index in [4.69, 9.17) is 4.98 Å². The maximum absolute atomic E-state index is 5.21. The molecule has 0 N–H and O–H groups in total. The first-order chi connectivity index (χ1) is 36.2. The summed E-state index contributed by atoms with van der Waals surface area (Å²) >= 11 is 0. The number of nitrogens with zero attached hydrogens (tertiary/aromatic N) is 5. The molecule has 0 aliphatic heterocycles. The molecule has 15 rings (SSSR count). The second-order valence-electron chi connectivity index (χ2n) is 19.0. The predicted octanol–water partition coefficient (Wildman–Crippen LogP) is 17.6. The van der Waals surface area contributed by atoms with Crippen molar-refractivity contribution in [2.75, 3.05) is 0 Å². The third-order valence-corrected chi connectivity index (χ3v) is 14.9. The van der Waals surface area contributed by atoms with Crippen molar-refractivity contribution in [3.05, 3.63) is 261 Å². The fraction of sp³-hybridized carbons (Fsp3) is 0. The second kappa shape index (κ2) is 16.4. The van der Waals surface area contributed by atoms with Crippen LogP contribution in [-0.2, 0) is 0 Å². The van der Waals surface area contributed by atoms with Gasteiger partial charge in [-0.15, -0.1) is 0 Å². The summed E-state index contributed by atoms with van der Waals surface area (Å²) in [7, 11) is 0. The van der Waals surface area contributed by atoms with Gasteiger partial charge < -0.3 is 13.7 Å². The largest absolute Gasteiger partial charge is 0.309 e. The highest BCUT2D eigenvalue weighted by Gasteiger charge is 2.20. The first-order valence-electron chi connectivity index (χ1n) is 24.9. The molecule has 73 heavy (non-hydrogen) atoms. The van der Waals surface area contributed by atoms with E-state index in [0.717, 1.165) is 61.6 Å². The van der Waals surface area contributed by atoms with Crippen molar-refractivity contribution in [1.29, 1.82) is 0 Å². The third kappa shape index (κ3) is 6.49. The number of pyridine rings is 2. The number of hydrogen-bond donors (Lipinski definition) is 0. The summed E-state index contributed by atoms with van der Waals surface area (Å²) < 4.78 is 7.17. The Hall–Kier alpha value is -9.84. The van der Waals surface area contributed by atoms with Crippen molar-refractivity contribution in [3.8, 4) is 61.8 Å². The molecule has 0 saturated carbocycles. The Balaban J connectivity index is 0.873. The first-order valence-corrected chi connectivity index (χ1v) is 24.9. The van der Waals surface area contributed by atoms with Crippen molar-refractivity contribution in [2.45, 2.75) is 0 Å². The molecule has 5 nitrogen and oxygen atoms in total. The molecule has 0 unspecified atom stereocenters. The molecule has 5 heterocycles. The lowest BCUT2D eigenvalue weighted by Crippen LogP contribution is -1.98. The maximum atomic E-state index is 5.21. The van der Waals surface area contributed by atoms with Crippen LogP contribution in [0.4, 0.5) is 0 Å². The van der Waals surface area contributed by atoms with Crippen LogP contribution in [0.2, 0.25) is 0 Å². The van der Waals surface area contributed by atoms with E-state index in [2.05, 4.69) is 267 Å². The predicted molar refractivity (Wildman–Crippen MR) is 304 cm³/mol. The van der Waals surface area contributed by atoms with Crippen LogP contribution in [-0.4, -0.2) is 23.7 Å². The molecule has 5 heteroatoms. The van der Waals surface area contributed by atoms with Crippen molar-refractivity contribution in [2.24, 2.45) is 0 Å². The molecule has 0 aliphatic carbocycles. The number of fused-ring (bicyclic) bond motifs is 10. The zero-order chi connectivity index (χ0) is 48.0. The Morgan fingerprint density at radius 1 is 0.247 bits per heavy atom. The van der Waals surface area contributed by atoms with Gasteiger partial charge in [0, 0.05) is 61.0 Å². The minimum atomic E-state index is 0.939. The Bertz CT molecular complexity index is 4600. The highest BCUT2D eigenvalue weighted by Crippen LogP contribution is 2.43. The van der Waals surface area contributed by atoms with Crippen LogP contribution >= 0.6 is 0 Å². The fourth-order valence-electron chi connectivity index (χ4n) is 11.6. The van der Waals surface area contributed by atoms with Crippen LogP contribution in [0.25, 0.3) is 138 Å². The number of rotatable bonds is 7. The van der Waals surface area contributed by atoms with E-state index < -0.39 is 0 Å². The van der Waals surface area contributed by atoms with E-state index in [-0.39, 0.29) is 0 Å². The van der Waals surface area contributed by atoms with Crippen molar-refractivity contribution in [1.82, 2.24) is 23.7 Å². The molecule has 340 valence electrons. The summed E-state index contributed by atoms with van der Waals surface area (Å²) in [5.74, 6) is 0. The zero-order valence-electron chi connectivity index (χ0n) is 39.6. The van der Waals surface area contributed by atoms with Gasteiger partial charge in [-0.25, -0.2) is 4.98 Å². The van der Waals surface area contributed by atoms with E-state index in [1.54, 1.807) is 0 Å². The van der Waals surface area contributed by atoms with Gasteiger partial charge in [-0.2, -0.15) is 0 Å². The number of hydrogen-bond acceptors (Lipinski definition) is 2. The molecule has 0 spiro atoms. The van der Waals surface area contributed by atoms with Crippen molar-refractivity contribution < 1.29 is 0 Å². The molecule has 0 saturated heterocycles. The Morgan fingerprint density at radius 3 is 1.37 bits per heavy atom. The smallest absolute Gasteiger partial charge is 0.0730 e. The average molecular weight is 930 g/mol. The summed E-state index contributed by atoms with van der Waals surface area (Å²) in [6.07, 6.45) is 3.88. The van der Waals surface area contributed by atoms with E-state index >= 15 is 0 Å². The van der Waals surface area contributed by atoms with E-state index in [0.29, 0.717) is 0 Å². The molecule has 10 aromatic carbocycles. The Kier molecular flexibility index (Phi) is 9.19. The molecular formula is C68H43N5. The van der Waals surface area contributed by atoms with E-state index in [1.165, 1.54) is 76.4 Å². The summed E-state index contributed by atoms with van der Waals surface area (Å²) in [6, 6.07) is 90.2. The molecule has 0 bridgehead atoms. The minimum Gasteiger partial charge on any atom is -0.309 e. The standard InChI is InChI=1S/C68H43N5/c1-4-16-44(17-5-1)61-41-50(42-62(70-61)45-18-6-2-7-19-45)73-64-27-15-13-25-56(64)59-38-46(29-34-65(59)73)51-32-33-52(54-23-11-10-22-53(51)54)47-28-31-57-55-24-12-14-26-63(55)72(67(57)39-47)49-30-35-66-60(40-49)58-36-37-69-43-68(58)71(66)48-20-8-3-9-21-48/h1-43H. The van der Waals surface area contributed by atoms with Crippen LogP contribution in [0, 0.1) is 0 Å². The Morgan fingerprint density at radius 2 is 0.712 bits per heavy atom. The zero-order valence-corrected chi connectivity index (χ0v) is 39.6. The van der Waals surface area contributed by atoms with Gasteiger partial charge in [-0.05, 0) is 112 Å². The van der Waals surface area contributed by atoms with Gasteiger partial charge in [0.1, 0.15) is 0 Å². The van der Waals surface area contributed by atoms with Crippen LogP contribution in [0.3, 0.4) is 0 Å². The molecule has 0 amide bonds.